The maximum absolute atomic E-state index is 13.1. The van der Waals surface area contributed by atoms with E-state index in [0.717, 1.165) is 33.7 Å². The molecular formula is C21H15F3N4O3S. The molecule has 7 nitrogen and oxygen atoms in total. The summed E-state index contributed by atoms with van der Waals surface area (Å²) in [6.07, 6.45) is -2.65. The summed E-state index contributed by atoms with van der Waals surface area (Å²) < 4.78 is 40.3. The molecule has 0 aliphatic rings. The molecule has 0 unspecified atom stereocenters. The maximum atomic E-state index is 13.1. The van der Waals surface area contributed by atoms with Gasteiger partial charge in [-0.1, -0.05) is 30.3 Å². The maximum Gasteiger partial charge on any atom is 0.421 e. The lowest BCUT2D eigenvalue weighted by Crippen LogP contribution is -2.37. The molecule has 4 rings (SSSR count). The van der Waals surface area contributed by atoms with Crippen molar-refractivity contribution >= 4 is 27.5 Å². The number of benzene rings is 1. The lowest BCUT2D eigenvalue weighted by atomic mass is 10.0. The summed E-state index contributed by atoms with van der Waals surface area (Å²) in [7, 11) is 0. The van der Waals surface area contributed by atoms with E-state index in [9.17, 15) is 27.6 Å². The molecule has 0 bridgehead atoms. The Balaban J connectivity index is 1.68. The number of alkyl halides is 3. The van der Waals surface area contributed by atoms with E-state index < -0.39 is 35.3 Å². The standard InChI is InChI=1S/C21H15F3N4O3S/c1-12-16(13-6-3-2-4-7-13)17-18(32-12)25-11-28(20(17)31)26-15(29)10-27-9-5-8-14(19(27)30)21(22,23)24/h2-9,11H,10H2,1H3,(H,26,29). The molecule has 11 heteroatoms. The van der Waals surface area contributed by atoms with Gasteiger partial charge in [-0.2, -0.15) is 13.2 Å². The fourth-order valence-electron chi connectivity index (χ4n) is 3.34. The first-order valence-corrected chi connectivity index (χ1v) is 10.1. The van der Waals surface area contributed by atoms with Crippen molar-refractivity contribution in [1.29, 1.82) is 0 Å². The van der Waals surface area contributed by atoms with Crippen LogP contribution in [0.3, 0.4) is 0 Å². The number of aromatic nitrogens is 3. The summed E-state index contributed by atoms with van der Waals surface area (Å²) in [6.45, 7) is 1.15. The Bertz CT molecular complexity index is 1440. The number of hydrogen-bond donors (Lipinski definition) is 1. The number of nitrogens with zero attached hydrogens (tertiary/aromatic N) is 3. The molecule has 0 atom stereocenters. The zero-order chi connectivity index (χ0) is 23.0. The molecule has 4 aromatic rings. The van der Waals surface area contributed by atoms with Crippen LogP contribution in [-0.4, -0.2) is 20.1 Å². The number of thiophene rings is 1. The highest BCUT2D eigenvalue weighted by molar-refractivity contribution is 7.19. The largest absolute Gasteiger partial charge is 0.421 e. The fraction of sp³-hybridized carbons (Fsp3) is 0.143. The molecule has 0 aliphatic heterocycles. The van der Waals surface area contributed by atoms with E-state index in [4.69, 9.17) is 0 Å². The SMILES string of the molecule is Cc1sc2ncn(NC(=O)Cn3cccc(C(F)(F)F)c3=O)c(=O)c2c1-c1ccccc1. The summed E-state index contributed by atoms with van der Waals surface area (Å²) in [5.41, 5.74) is 0.530. The lowest BCUT2D eigenvalue weighted by molar-refractivity contribution is -0.139. The smallest absolute Gasteiger partial charge is 0.306 e. The van der Waals surface area contributed by atoms with Crippen molar-refractivity contribution in [2.45, 2.75) is 19.6 Å². The van der Waals surface area contributed by atoms with Gasteiger partial charge in [-0.3, -0.25) is 19.8 Å². The number of halogens is 3. The predicted octanol–water partition coefficient (Wildman–Crippen LogP) is 3.38. The molecule has 32 heavy (non-hydrogen) atoms. The molecule has 3 heterocycles. The number of fused-ring (bicyclic) bond motifs is 1. The molecule has 0 saturated heterocycles. The Morgan fingerprint density at radius 1 is 1.09 bits per heavy atom. The number of hydrogen-bond acceptors (Lipinski definition) is 5. The number of nitrogens with one attached hydrogen (secondary N) is 1. The number of carbonyl (C=O) groups excluding carboxylic acids is 1. The highest BCUT2D eigenvalue weighted by Gasteiger charge is 2.34. The Kier molecular flexibility index (Phi) is 5.43. The van der Waals surface area contributed by atoms with Crippen molar-refractivity contribution in [2.75, 3.05) is 5.43 Å². The van der Waals surface area contributed by atoms with Gasteiger partial charge >= 0.3 is 6.18 Å². The molecule has 3 aromatic heterocycles. The summed E-state index contributed by atoms with van der Waals surface area (Å²) in [5, 5.41) is 0.317. The third-order valence-corrected chi connectivity index (χ3v) is 5.75. The van der Waals surface area contributed by atoms with Crippen molar-refractivity contribution in [1.82, 2.24) is 14.2 Å². The number of pyridine rings is 1. The first-order chi connectivity index (χ1) is 15.2. The first-order valence-electron chi connectivity index (χ1n) is 9.29. The predicted molar refractivity (Wildman–Crippen MR) is 114 cm³/mol. The molecule has 0 saturated carbocycles. The van der Waals surface area contributed by atoms with E-state index in [1.54, 1.807) is 0 Å². The molecule has 1 N–H and O–H groups in total. The van der Waals surface area contributed by atoms with Crippen LogP contribution in [0.4, 0.5) is 13.2 Å². The van der Waals surface area contributed by atoms with Gasteiger partial charge in [0.2, 0.25) is 0 Å². The Morgan fingerprint density at radius 3 is 2.50 bits per heavy atom. The summed E-state index contributed by atoms with van der Waals surface area (Å²) >= 11 is 1.33. The molecule has 164 valence electrons. The van der Waals surface area contributed by atoms with Gasteiger partial charge in [0, 0.05) is 16.6 Å². The summed E-state index contributed by atoms with van der Waals surface area (Å²) in [6, 6.07) is 10.9. The zero-order valence-corrected chi connectivity index (χ0v) is 17.3. The number of rotatable bonds is 4. The molecule has 0 fully saturated rings. The number of aryl methyl sites for hydroxylation is 1. The highest BCUT2D eigenvalue weighted by atomic mass is 32.1. The van der Waals surface area contributed by atoms with Gasteiger partial charge in [0.15, 0.2) is 0 Å². The van der Waals surface area contributed by atoms with Crippen molar-refractivity contribution in [2.24, 2.45) is 0 Å². The highest BCUT2D eigenvalue weighted by Crippen LogP contribution is 2.35. The first kappa shape index (κ1) is 21.5. The molecule has 0 aliphatic carbocycles. The minimum atomic E-state index is -4.84. The third-order valence-electron chi connectivity index (χ3n) is 4.74. The number of carbonyl (C=O) groups is 1. The third kappa shape index (κ3) is 3.94. The van der Waals surface area contributed by atoms with Crippen molar-refractivity contribution in [3.05, 3.63) is 86.1 Å². The summed E-state index contributed by atoms with van der Waals surface area (Å²) in [5.74, 6) is -0.858. The second-order valence-corrected chi connectivity index (χ2v) is 8.09. The van der Waals surface area contributed by atoms with E-state index in [2.05, 4.69) is 10.4 Å². The van der Waals surface area contributed by atoms with Crippen LogP contribution in [0.5, 0.6) is 0 Å². The average Bonchev–Trinajstić information content (AvgIpc) is 3.08. The second kappa shape index (κ2) is 8.08. The minimum absolute atomic E-state index is 0.317. The van der Waals surface area contributed by atoms with Crippen molar-refractivity contribution in [3.63, 3.8) is 0 Å². The van der Waals surface area contributed by atoms with Crippen molar-refractivity contribution in [3.8, 4) is 11.1 Å². The van der Waals surface area contributed by atoms with Gasteiger partial charge in [0.25, 0.3) is 17.0 Å². The fourth-order valence-corrected chi connectivity index (χ4v) is 4.34. The molecule has 0 spiro atoms. The normalized spacial score (nSPS) is 11.6. The topological polar surface area (TPSA) is 86.0 Å². The van der Waals surface area contributed by atoms with Gasteiger partial charge in [0.1, 0.15) is 23.3 Å². The number of amides is 1. The van der Waals surface area contributed by atoms with Crippen LogP contribution in [0.25, 0.3) is 21.3 Å². The Hall–Kier alpha value is -3.73. The van der Waals surface area contributed by atoms with E-state index in [-0.39, 0.29) is 0 Å². The Labute approximate surface area is 182 Å². The lowest BCUT2D eigenvalue weighted by Gasteiger charge is -2.11. The van der Waals surface area contributed by atoms with Crippen LogP contribution in [0, 0.1) is 6.92 Å². The van der Waals surface area contributed by atoms with Crippen LogP contribution < -0.4 is 16.5 Å². The van der Waals surface area contributed by atoms with Gasteiger partial charge in [-0.25, -0.2) is 9.66 Å². The second-order valence-electron chi connectivity index (χ2n) is 6.89. The minimum Gasteiger partial charge on any atom is -0.306 e. The van der Waals surface area contributed by atoms with E-state index in [1.165, 1.54) is 11.3 Å². The van der Waals surface area contributed by atoms with Gasteiger partial charge in [-0.15, -0.1) is 11.3 Å². The van der Waals surface area contributed by atoms with Crippen LogP contribution in [0.2, 0.25) is 0 Å². The van der Waals surface area contributed by atoms with E-state index in [1.807, 2.05) is 37.3 Å². The molecule has 0 radical (unpaired) electrons. The average molecular weight is 460 g/mol. The van der Waals surface area contributed by atoms with Gasteiger partial charge < -0.3 is 4.57 Å². The van der Waals surface area contributed by atoms with Gasteiger partial charge in [0.05, 0.1) is 5.39 Å². The van der Waals surface area contributed by atoms with Crippen molar-refractivity contribution < 1.29 is 18.0 Å². The molecule has 1 amide bonds. The summed E-state index contributed by atoms with van der Waals surface area (Å²) in [4.78, 5) is 43.1. The Morgan fingerprint density at radius 2 is 1.81 bits per heavy atom. The quantitative estimate of drug-likeness (QED) is 0.506. The monoisotopic (exact) mass is 460 g/mol. The van der Waals surface area contributed by atoms with Crippen LogP contribution in [0.1, 0.15) is 10.4 Å². The molecular weight excluding hydrogens is 445 g/mol. The van der Waals surface area contributed by atoms with Crippen LogP contribution in [-0.2, 0) is 17.5 Å². The van der Waals surface area contributed by atoms with E-state index in [0.29, 0.717) is 26.4 Å². The van der Waals surface area contributed by atoms with E-state index >= 15 is 0 Å². The molecule has 1 aromatic carbocycles. The van der Waals surface area contributed by atoms with Crippen LogP contribution in [0.15, 0.2) is 64.6 Å². The van der Waals surface area contributed by atoms with Gasteiger partial charge in [-0.05, 0) is 24.6 Å². The zero-order valence-electron chi connectivity index (χ0n) is 16.5. The van der Waals surface area contributed by atoms with Crippen LogP contribution >= 0.6 is 11.3 Å².